The number of benzene rings is 1. The lowest BCUT2D eigenvalue weighted by Crippen LogP contribution is -2.58. The predicted molar refractivity (Wildman–Crippen MR) is 159 cm³/mol. The largest absolute Gasteiger partial charge is 0.480 e. The Morgan fingerprint density at radius 1 is 0.909 bits per heavy atom. The molecule has 0 bridgehead atoms. The van der Waals surface area contributed by atoms with Crippen LogP contribution in [0.2, 0.25) is 0 Å². The van der Waals surface area contributed by atoms with Crippen molar-refractivity contribution < 1.29 is 29.1 Å². The molecule has 4 unspecified atom stereocenters. The Hall–Kier alpha value is -5.45. The van der Waals surface area contributed by atoms with E-state index in [1.807, 2.05) is 24.3 Å². The van der Waals surface area contributed by atoms with Crippen molar-refractivity contribution in [2.24, 2.45) is 27.9 Å². The van der Waals surface area contributed by atoms with Gasteiger partial charge in [0.25, 0.3) is 0 Å². The summed E-state index contributed by atoms with van der Waals surface area (Å²) in [6, 6.07) is 2.09. The number of aromatic amines is 2. The molecule has 0 aliphatic rings. The molecule has 14 N–H and O–H groups in total. The summed E-state index contributed by atoms with van der Waals surface area (Å²) in [6.07, 6.45) is 4.20. The number of aliphatic carboxylic acids is 1. The number of nitrogens with zero attached hydrogens (tertiary/aromatic N) is 2. The van der Waals surface area contributed by atoms with Gasteiger partial charge in [-0.1, -0.05) is 18.2 Å². The fourth-order valence-corrected chi connectivity index (χ4v) is 4.45. The summed E-state index contributed by atoms with van der Waals surface area (Å²) in [4.78, 5) is 76.8. The third-order valence-corrected chi connectivity index (χ3v) is 6.66. The number of nitrogens with one attached hydrogen (secondary N) is 5. The van der Waals surface area contributed by atoms with Crippen molar-refractivity contribution in [2.45, 2.75) is 56.3 Å². The number of carboxylic acids is 1. The molecule has 0 saturated carbocycles. The second kappa shape index (κ2) is 15.7. The van der Waals surface area contributed by atoms with E-state index in [4.69, 9.17) is 22.9 Å². The molecule has 44 heavy (non-hydrogen) atoms. The monoisotopic (exact) mass is 611 g/mol. The number of primary amides is 1. The number of hydrogen-bond donors (Lipinski definition) is 10. The van der Waals surface area contributed by atoms with Crippen molar-refractivity contribution >= 4 is 46.5 Å². The fourth-order valence-electron chi connectivity index (χ4n) is 4.45. The zero-order valence-electron chi connectivity index (χ0n) is 23.8. The Morgan fingerprint density at radius 2 is 1.59 bits per heavy atom. The molecule has 17 nitrogen and oxygen atoms in total. The first-order chi connectivity index (χ1) is 20.9. The van der Waals surface area contributed by atoms with Crippen molar-refractivity contribution in [2.75, 3.05) is 6.54 Å². The molecule has 3 rings (SSSR count). The Morgan fingerprint density at radius 3 is 2.25 bits per heavy atom. The molecule has 0 spiro atoms. The predicted octanol–water partition coefficient (Wildman–Crippen LogP) is -2.53. The van der Waals surface area contributed by atoms with Crippen LogP contribution in [0.1, 0.15) is 30.5 Å². The third-order valence-electron chi connectivity index (χ3n) is 6.66. The van der Waals surface area contributed by atoms with Crippen LogP contribution in [-0.4, -0.2) is 86.3 Å². The van der Waals surface area contributed by atoms with Crippen LogP contribution < -0.4 is 38.9 Å². The number of aliphatic imine (C=N–C) groups is 1. The minimum Gasteiger partial charge on any atom is -0.480 e. The minimum atomic E-state index is -1.47. The standard InChI is InChI=1S/C27H37N11O6/c28-17(9-15-12-32-13-35-15)23(40)37-20(10-22(29)39)25(42)36-19(6-3-7-33-27(30)31)24(41)38-21(26(43)44)8-14-11-34-18-5-2-1-4-16(14)18/h1-2,4-5,11-13,17,19-21,34H,3,6-10,28H2,(H2,29,39)(H,32,35)(H,36,42)(H,37,40)(H,38,41)(H,43,44)(H4,30,31,33). The minimum absolute atomic E-state index is 0.00957. The quantitative estimate of drug-likeness (QED) is 0.0433. The molecule has 4 amide bonds. The van der Waals surface area contributed by atoms with Gasteiger partial charge in [0.15, 0.2) is 5.96 Å². The molecule has 1 aromatic carbocycles. The first-order valence-electron chi connectivity index (χ1n) is 13.7. The van der Waals surface area contributed by atoms with E-state index in [0.29, 0.717) is 11.3 Å². The van der Waals surface area contributed by atoms with Crippen molar-refractivity contribution in [3.05, 3.63) is 54.2 Å². The van der Waals surface area contributed by atoms with Gasteiger partial charge >= 0.3 is 5.97 Å². The number of imidazole rings is 1. The Labute approximate surface area is 251 Å². The summed E-state index contributed by atoms with van der Waals surface area (Å²) < 4.78 is 0. The average Bonchev–Trinajstić information content (AvgIpc) is 3.63. The molecular weight excluding hydrogens is 574 g/mol. The number of guanidine groups is 1. The number of hydrogen-bond acceptors (Lipinski definition) is 8. The molecular formula is C27H37N11O6. The highest BCUT2D eigenvalue weighted by atomic mass is 16.4. The lowest BCUT2D eigenvalue weighted by atomic mass is 10.0. The van der Waals surface area contributed by atoms with Gasteiger partial charge in [0.2, 0.25) is 23.6 Å². The van der Waals surface area contributed by atoms with Crippen LogP contribution in [0.4, 0.5) is 0 Å². The van der Waals surface area contributed by atoms with Crippen LogP contribution in [0, 0.1) is 0 Å². The van der Waals surface area contributed by atoms with Crippen molar-refractivity contribution in [1.82, 2.24) is 30.9 Å². The maximum Gasteiger partial charge on any atom is 0.326 e. The van der Waals surface area contributed by atoms with Gasteiger partial charge in [0.05, 0.1) is 18.8 Å². The molecule has 0 saturated heterocycles. The number of fused-ring (bicyclic) bond motifs is 1. The van der Waals surface area contributed by atoms with E-state index in [9.17, 15) is 29.1 Å². The Bertz CT molecular complexity index is 1480. The maximum atomic E-state index is 13.4. The first-order valence-corrected chi connectivity index (χ1v) is 13.7. The number of H-pyrrole nitrogens is 2. The number of aromatic nitrogens is 3. The van der Waals surface area contributed by atoms with Crippen LogP contribution in [-0.2, 0) is 36.8 Å². The number of carbonyl (C=O) groups is 5. The van der Waals surface area contributed by atoms with Gasteiger partial charge in [0.1, 0.15) is 18.1 Å². The SMILES string of the molecule is NC(=O)CC(NC(=O)C(N)Cc1cnc[nH]1)C(=O)NC(CCCN=C(N)N)C(=O)NC(Cc1c[nH]c2ccccc12)C(=O)O. The smallest absolute Gasteiger partial charge is 0.326 e. The maximum absolute atomic E-state index is 13.4. The van der Waals surface area contributed by atoms with Gasteiger partial charge in [-0.3, -0.25) is 24.2 Å². The normalized spacial score (nSPS) is 13.7. The van der Waals surface area contributed by atoms with Gasteiger partial charge in [-0.25, -0.2) is 9.78 Å². The number of rotatable bonds is 17. The van der Waals surface area contributed by atoms with Gasteiger partial charge in [0, 0.05) is 48.4 Å². The first kappa shape index (κ1) is 33.1. The molecule has 0 radical (unpaired) electrons. The number of carbonyl (C=O) groups excluding carboxylic acids is 4. The molecule has 2 aromatic heterocycles. The van der Waals surface area contributed by atoms with E-state index in [0.717, 1.165) is 10.9 Å². The number of para-hydroxylation sites is 1. The van der Waals surface area contributed by atoms with Crippen LogP contribution in [0.3, 0.4) is 0 Å². The van der Waals surface area contributed by atoms with Crippen LogP contribution in [0.25, 0.3) is 10.9 Å². The topological polar surface area (TPSA) is 303 Å². The second-order valence-corrected chi connectivity index (χ2v) is 10.1. The van der Waals surface area contributed by atoms with E-state index >= 15 is 0 Å². The zero-order valence-corrected chi connectivity index (χ0v) is 23.8. The molecule has 0 aliphatic heterocycles. The van der Waals surface area contributed by atoms with E-state index in [2.05, 4.69) is 35.9 Å². The molecule has 236 valence electrons. The summed E-state index contributed by atoms with van der Waals surface area (Å²) in [5, 5.41) is 18.1. The van der Waals surface area contributed by atoms with E-state index in [1.54, 1.807) is 6.20 Å². The van der Waals surface area contributed by atoms with Crippen molar-refractivity contribution in [3.63, 3.8) is 0 Å². The molecule has 4 atom stereocenters. The Kier molecular flexibility index (Phi) is 11.8. The van der Waals surface area contributed by atoms with E-state index < -0.39 is 60.2 Å². The zero-order chi connectivity index (χ0) is 32.2. The van der Waals surface area contributed by atoms with Crippen LogP contribution in [0.15, 0.2) is 48.0 Å². The highest BCUT2D eigenvalue weighted by Gasteiger charge is 2.31. The fraction of sp³-hybridized carbons (Fsp3) is 0.370. The summed E-state index contributed by atoms with van der Waals surface area (Å²) >= 11 is 0. The lowest BCUT2D eigenvalue weighted by molar-refractivity contribution is -0.142. The van der Waals surface area contributed by atoms with E-state index in [1.165, 1.54) is 12.5 Å². The molecule has 0 aliphatic carbocycles. The van der Waals surface area contributed by atoms with E-state index in [-0.39, 0.29) is 38.2 Å². The molecule has 0 fully saturated rings. The Balaban J connectivity index is 1.75. The summed E-state index contributed by atoms with van der Waals surface area (Å²) in [5.74, 6) is -4.83. The van der Waals surface area contributed by atoms with Crippen molar-refractivity contribution in [1.29, 1.82) is 0 Å². The third kappa shape index (κ3) is 9.83. The second-order valence-electron chi connectivity index (χ2n) is 10.1. The number of carboxylic acid groups (broad SMARTS) is 1. The van der Waals surface area contributed by atoms with Crippen LogP contribution in [0.5, 0.6) is 0 Å². The van der Waals surface area contributed by atoms with Gasteiger partial charge in [-0.05, 0) is 24.5 Å². The number of nitrogens with two attached hydrogens (primary N) is 4. The highest BCUT2D eigenvalue weighted by molar-refractivity contribution is 5.96. The summed E-state index contributed by atoms with van der Waals surface area (Å²) in [7, 11) is 0. The molecule has 3 aromatic rings. The highest BCUT2D eigenvalue weighted by Crippen LogP contribution is 2.19. The van der Waals surface area contributed by atoms with Gasteiger partial charge < -0.3 is 54.0 Å². The lowest BCUT2D eigenvalue weighted by Gasteiger charge is -2.25. The average molecular weight is 612 g/mol. The summed E-state index contributed by atoms with van der Waals surface area (Å²) in [5.41, 5.74) is 24.0. The number of amides is 4. The summed E-state index contributed by atoms with van der Waals surface area (Å²) in [6.45, 7) is 0.115. The van der Waals surface area contributed by atoms with Gasteiger partial charge in [-0.15, -0.1) is 0 Å². The molecule has 17 heteroatoms. The molecule has 2 heterocycles. The van der Waals surface area contributed by atoms with Crippen molar-refractivity contribution in [3.8, 4) is 0 Å². The van der Waals surface area contributed by atoms with Gasteiger partial charge in [-0.2, -0.15) is 0 Å². The van der Waals surface area contributed by atoms with Crippen LogP contribution >= 0.6 is 0 Å².